The van der Waals surface area contributed by atoms with Gasteiger partial charge in [0, 0.05) is 18.8 Å². The third-order valence-corrected chi connectivity index (χ3v) is 3.50. The average Bonchev–Trinajstić information content (AvgIpc) is 2.74. The molecule has 5 heteroatoms. The monoisotopic (exact) mass is 317 g/mol. The molecule has 0 unspecified atom stereocenters. The molecule has 2 aromatic carbocycles. The fraction of sp³-hybridized carbons (Fsp3) is 0.0714. The summed E-state index contributed by atoms with van der Waals surface area (Å²) in [6.45, 7) is 0. The summed E-state index contributed by atoms with van der Waals surface area (Å²) in [6.07, 6.45) is 1.79. The molecule has 1 aromatic heterocycles. The van der Waals surface area contributed by atoms with Crippen LogP contribution in [0.5, 0.6) is 11.5 Å². The van der Waals surface area contributed by atoms with E-state index in [1.807, 2.05) is 41.9 Å². The van der Waals surface area contributed by atoms with Gasteiger partial charge in [0.25, 0.3) is 0 Å². The molecule has 0 bridgehead atoms. The lowest BCUT2D eigenvalue weighted by Crippen LogP contribution is -1.89. The lowest BCUT2D eigenvalue weighted by atomic mass is 10.3. The van der Waals surface area contributed by atoms with Crippen molar-refractivity contribution >= 4 is 32.7 Å². The van der Waals surface area contributed by atoms with E-state index < -0.39 is 0 Å². The molecule has 19 heavy (non-hydrogen) atoms. The van der Waals surface area contributed by atoms with Gasteiger partial charge in [-0.25, -0.2) is 4.98 Å². The number of nitrogens with two attached hydrogens (primary N) is 1. The maximum atomic E-state index is 5.83. The van der Waals surface area contributed by atoms with Crippen LogP contribution in [0.3, 0.4) is 0 Å². The molecular formula is C14H12BrN3O. The van der Waals surface area contributed by atoms with E-state index in [9.17, 15) is 0 Å². The molecule has 0 saturated heterocycles. The number of nitrogen functional groups attached to an aromatic ring is 1. The number of imidazole rings is 1. The maximum Gasteiger partial charge on any atom is 0.141 e. The molecule has 0 aliphatic rings. The number of halogens is 1. The Morgan fingerprint density at radius 2 is 2.05 bits per heavy atom. The average molecular weight is 318 g/mol. The van der Waals surface area contributed by atoms with E-state index in [1.165, 1.54) is 0 Å². The second-order valence-electron chi connectivity index (χ2n) is 4.30. The van der Waals surface area contributed by atoms with Gasteiger partial charge in [-0.2, -0.15) is 0 Å². The van der Waals surface area contributed by atoms with E-state index in [-0.39, 0.29) is 0 Å². The predicted octanol–water partition coefficient (Wildman–Crippen LogP) is 3.71. The number of aromatic nitrogens is 2. The summed E-state index contributed by atoms with van der Waals surface area (Å²) in [5.74, 6) is 1.47. The first-order chi connectivity index (χ1) is 9.13. The SMILES string of the molecule is Cn1cnc2cc(Oc3ccc(N)cc3Br)ccc21. The van der Waals surface area contributed by atoms with Crippen LogP contribution in [0.1, 0.15) is 0 Å². The van der Waals surface area contributed by atoms with E-state index in [4.69, 9.17) is 10.5 Å². The third-order valence-electron chi connectivity index (χ3n) is 2.88. The van der Waals surface area contributed by atoms with Gasteiger partial charge in [-0.15, -0.1) is 0 Å². The molecule has 0 fully saturated rings. The van der Waals surface area contributed by atoms with Gasteiger partial charge in [-0.05, 0) is 46.3 Å². The second-order valence-corrected chi connectivity index (χ2v) is 5.15. The van der Waals surface area contributed by atoms with Gasteiger partial charge in [0.15, 0.2) is 0 Å². The first-order valence-corrected chi connectivity index (χ1v) is 6.57. The smallest absolute Gasteiger partial charge is 0.141 e. The Hall–Kier alpha value is -2.01. The summed E-state index contributed by atoms with van der Waals surface area (Å²) < 4.78 is 8.63. The normalized spacial score (nSPS) is 10.8. The summed E-state index contributed by atoms with van der Waals surface area (Å²) in [5, 5.41) is 0. The van der Waals surface area contributed by atoms with Crippen LogP contribution in [-0.2, 0) is 7.05 Å². The minimum Gasteiger partial charge on any atom is -0.456 e. The molecular weight excluding hydrogens is 306 g/mol. The number of benzene rings is 2. The highest BCUT2D eigenvalue weighted by Crippen LogP contribution is 2.32. The molecule has 3 aromatic rings. The predicted molar refractivity (Wildman–Crippen MR) is 79.3 cm³/mol. The van der Waals surface area contributed by atoms with Crippen molar-refractivity contribution in [3.63, 3.8) is 0 Å². The van der Waals surface area contributed by atoms with E-state index in [2.05, 4.69) is 20.9 Å². The first kappa shape index (κ1) is 12.0. The topological polar surface area (TPSA) is 53.1 Å². The Labute approximate surface area is 118 Å². The molecule has 0 atom stereocenters. The summed E-state index contributed by atoms with van der Waals surface area (Å²) in [6, 6.07) is 11.3. The molecule has 0 radical (unpaired) electrons. The van der Waals surface area contributed by atoms with Crippen LogP contribution in [-0.4, -0.2) is 9.55 Å². The number of hydrogen-bond donors (Lipinski definition) is 1. The molecule has 0 spiro atoms. The Morgan fingerprint density at radius 1 is 1.21 bits per heavy atom. The molecule has 0 saturated carbocycles. The van der Waals surface area contributed by atoms with Crippen molar-refractivity contribution in [3.05, 3.63) is 47.2 Å². The first-order valence-electron chi connectivity index (χ1n) is 5.77. The minimum atomic E-state index is 0.694. The molecule has 0 amide bonds. The van der Waals surface area contributed by atoms with Crippen molar-refractivity contribution in [2.24, 2.45) is 7.05 Å². The van der Waals surface area contributed by atoms with Gasteiger partial charge in [-0.3, -0.25) is 0 Å². The lowest BCUT2D eigenvalue weighted by Gasteiger charge is -2.08. The Bertz CT molecular complexity index is 752. The second kappa shape index (κ2) is 4.59. The third kappa shape index (κ3) is 2.29. The summed E-state index contributed by atoms with van der Waals surface area (Å²) in [5.41, 5.74) is 8.38. The van der Waals surface area contributed by atoms with Crippen molar-refractivity contribution in [1.82, 2.24) is 9.55 Å². The number of ether oxygens (including phenoxy) is 1. The van der Waals surface area contributed by atoms with Crippen LogP contribution in [0.2, 0.25) is 0 Å². The fourth-order valence-electron chi connectivity index (χ4n) is 1.91. The Morgan fingerprint density at radius 3 is 2.84 bits per heavy atom. The molecule has 0 aliphatic heterocycles. The standard InChI is InChI=1S/C14H12BrN3O/c1-18-8-17-12-7-10(3-4-13(12)18)19-14-5-2-9(16)6-11(14)15/h2-8H,16H2,1H3. The summed E-state index contributed by atoms with van der Waals surface area (Å²) in [7, 11) is 1.96. The number of nitrogens with zero attached hydrogens (tertiary/aromatic N) is 2. The number of hydrogen-bond acceptors (Lipinski definition) is 3. The van der Waals surface area contributed by atoms with E-state index in [0.29, 0.717) is 5.69 Å². The lowest BCUT2D eigenvalue weighted by molar-refractivity contribution is 0.480. The molecule has 0 aliphatic carbocycles. The summed E-state index contributed by atoms with van der Waals surface area (Å²) in [4.78, 5) is 4.31. The van der Waals surface area contributed by atoms with Gasteiger partial charge < -0.3 is 15.0 Å². The minimum absolute atomic E-state index is 0.694. The van der Waals surface area contributed by atoms with Gasteiger partial charge >= 0.3 is 0 Å². The largest absolute Gasteiger partial charge is 0.456 e. The van der Waals surface area contributed by atoms with Crippen molar-refractivity contribution in [2.45, 2.75) is 0 Å². The van der Waals surface area contributed by atoms with Crippen molar-refractivity contribution in [3.8, 4) is 11.5 Å². The molecule has 2 N–H and O–H groups in total. The van der Waals surface area contributed by atoms with Crippen LogP contribution in [0.4, 0.5) is 5.69 Å². The van der Waals surface area contributed by atoms with Gasteiger partial charge in [0.1, 0.15) is 11.5 Å². The van der Waals surface area contributed by atoms with Crippen molar-refractivity contribution in [1.29, 1.82) is 0 Å². The van der Waals surface area contributed by atoms with Crippen molar-refractivity contribution < 1.29 is 4.74 Å². The zero-order valence-electron chi connectivity index (χ0n) is 10.3. The van der Waals surface area contributed by atoms with Gasteiger partial charge in [0.05, 0.1) is 21.8 Å². The molecule has 4 nitrogen and oxygen atoms in total. The fourth-order valence-corrected chi connectivity index (χ4v) is 2.38. The molecule has 1 heterocycles. The zero-order chi connectivity index (χ0) is 13.4. The number of anilines is 1. The van der Waals surface area contributed by atoms with Crippen LogP contribution in [0.15, 0.2) is 47.2 Å². The number of aryl methyl sites for hydroxylation is 1. The van der Waals surface area contributed by atoms with Gasteiger partial charge in [0.2, 0.25) is 0 Å². The van der Waals surface area contributed by atoms with Crippen LogP contribution in [0.25, 0.3) is 11.0 Å². The van der Waals surface area contributed by atoms with E-state index >= 15 is 0 Å². The zero-order valence-corrected chi connectivity index (χ0v) is 11.9. The Balaban J connectivity index is 1.96. The van der Waals surface area contributed by atoms with Crippen LogP contribution >= 0.6 is 15.9 Å². The van der Waals surface area contributed by atoms with Gasteiger partial charge in [-0.1, -0.05) is 0 Å². The van der Waals surface area contributed by atoms with E-state index in [0.717, 1.165) is 27.0 Å². The maximum absolute atomic E-state index is 5.83. The number of rotatable bonds is 2. The van der Waals surface area contributed by atoms with E-state index in [1.54, 1.807) is 12.4 Å². The quantitative estimate of drug-likeness (QED) is 0.733. The molecule has 3 rings (SSSR count). The Kier molecular flexibility index (Phi) is 2.91. The van der Waals surface area contributed by atoms with Crippen LogP contribution < -0.4 is 10.5 Å². The van der Waals surface area contributed by atoms with Crippen LogP contribution in [0, 0.1) is 0 Å². The molecule has 96 valence electrons. The highest BCUT2D eigenvalue weighted by molar-refractivity contribution is 9.10. The van der Waals surface area contributed by atoms with Crippen molar-refractivity contribution in [2.75, 3.05) is 5.73 Å². The number of fused-ring (bicyclic) bond motifs is 1. The highest BCUT2D eigenvalue weighted by atomic mass is 79.9. The highest BCUT2D eigenvalue weighted by Gasteiger charge is 2.06. The summed E-state index contributed by atoms with van der Waals surface area (Å²) >= 11 is 3.43.